The van der Waals surface area contributed by atoms with Gasteiger partial charge in [0.2, 0.25) is 0 Å². The summed E-state index contributed by atoms with van der Waals surface area (Å²) in [6.07, 6.45) is -0.590. The molecule has 17 heavy (non-hydrogen) atoms. The van der Waals surface area contributed by atoms with Crippen LogP contribution < -0.4 is 0 Å². The maximum Gasteiger partial charge on any atom is 0.104 e. The Kier molecular flexibility index (Phi) is 3.51. The Morgan fingerprint density at radius 1 is 1.00 bits per heavy atom. The van der Waals surface area contributed by atoms with E-state index in [2.05, 4.69) is 0 Å². The average molecular weight is 247 g/mol. The molecule has 0 fully saturated rings. The molecule has 2 rings (SSSR count). The van der Waals surface area contributed by atoms with Gasteiger partial charge in [0.05, 0.1) is 0 Å². The lowest BCUT2D eigenvalue weighted by Crippen LogP contribution is -2.01. The van der Waals surface area contributed by atoms with Gasteiger partial charge in [-0.3, -0.25) is 0 Å². The second-order valence-corrected chi connectivity index (χ2v) is 4.75. The quantitative estimate of drug-likeness (QED) is 0.848. The molecule has 0 heterocycles. The molecule has 0 saturated carbocycles. The van der Waals surface area contributed by atoms with Gasteiger partial charge in [-0.25, -0.2) is 0 Å². The smallest absolute Gasteiger partial charge is 0.104 e. The van der Waals surface area contributed by atoms with Crippen molar-refractivity contribution in [2.24, 2.45) is 0 Å². The fourth-order valence-corrected chi connectivity index (χ4v) is 2.10. The largest absolute Gasteiger partial charge is 0.384 e. The number of halogens is 1. The molecule has 88 valence electrons. The summed E-state index contributed by atoms with van der Waals surface area (Å²) >= 11 is 5.91. The van der Waals surface area contributed by atoms with Crippen molar-refractivity contribution in [3.05, 3.63) is 69.7 Å². The third kappa shape index (κ3) is 2.68. The van der Waals surface area contributed by atoms with Crippen LogP contribution in [-0.4, -0.2) is 5.11 Å². The lowest BCUT2D eigenvalue weighted by Gasteiger charge is -2.14. The Hall–Kier alpha value is -1.31. The van der Waals surface area contributed by atoms with E-state index in [0.717, 1.165) is 16.7 Å². The number of hydrogen-bond acceptors (Lipinski definition) is 1. The predicted molar refractivity (Wildman–Crippen MR) is 71.4 cm³/mol. The first-order valence-electron chi connectivity index (χ1n) is 5.58. The molecule has 0 amide bonds. The Labute approximate surface area is 107 Å². The van der Waals surface area contributed by atoms with E-state index < -0.39 is 6.10 Å². The van der Waals surface area contributed by atoms with Gasteiger partial charge in [-0.2, -0.15) is 0 Å². The molecule has 1 unspecified atom stereocenters. The van der Waals surface area contributed by atoms with E-state index in [-0.39, 0.29) is 0 Å². The molecular formula is C15H15ClO. The van der Waals surface area contributed by atoms with Crippen molar-refractivity contribution < 1.29 is 5.11 Å². The molecule has 2 aromatic rings. The first-order chi connectivity index (χ1) is 8.08. The Morgan fingerprint density at radius 2 is 1.65 bits per heavy atom. The number of aliphatic hydroxyl groups excluding tert-OH is 1. The minimum atomic E-state index is -0.590. The van der Waals surface area contributed by atoms with Crippen LogP contribution in [0.5, 0.6) is 0 Å². The van der Waals surface area contributed by atoms with Crippen molar-refractivity contribution in [1.29, 1.82) is 0 Å². The summed E-state index contributed by atoms with van der Waals surface area (Å²) in [5, 5.41) is 11.0. The first kappa shape index (κ1) is 12.2. The van der Waals surface area contributed by atoms with Crippen LogP contribution in [0, 0.1) is 13.8 Å². The van der Waals surface area contributed by atoms with Crippen LogP contribution >= 0.6 is 11.6 Å². The topological polar surface area (TPSA) is 20.2 Å². The summed E-state index contributed by atoms with van der Waals surface area (Å²) in [5.41, 5.74) is 4.00. The summed E-state index contributed by atoms with van der Waals surface area (Å²) in [6, 6.07) is 13.5. The van der Waals surface area contributed by atoms with Gasteiger partial charge in [0.1, 0.15) is 6.10 Å². The van der Waals surface area contributed by atoms with Crippen molar-refractivity contribution in [2.45, 2.75) is 20.0 Å². The molecule has 0 aliphatic heterocycles. The molecule has 1 atom stereocenters. The molecule has 0 spiro atoms. The fourth-order valence-electron chi connectivity index (χ4n) is 1.87. The van der Waals surface area contributed by atoms with Gasteiger partial charge in [0.15, 0.2) is 0 Å². The Bertz CT molecular complexity index is 517. The van der Waals surface area contributed by atoms with E-state index in [0.29, 0.717) is 5.02 Å². The zero-order valence-corrected chi connectivity index (χ0v) is 10.7. The van der Waals surface area contributed by atoms with E-state index in [1.54, 1.807) is 6.07 Å². The molecule has 2 heteroatoms. The lowest BCUT2D eigenvalue weighted by molar-refractivity contribution is 0.219. The average Bonchev–Trinajstić information content (AvgIpc) is 2.29. The Morgan fingerprint density at radius 3 is 2.24 bits per heavy atom. The molecule has 1 nitrogen and oxygen atoms in total. The van der Waals surface area contributed by atoms with Crippen molar-refractivity contribution in [3.8, 4) is 0 Å². The summed E-state index contributed by atoms with van der Waals surface area (Å²) in [4.78, 5) is 0. The third-order valence-corrected chi connectivity index (χ3v) is 3.15. The first-order valence-corrected chi connectivity index (χ1v) is 5.96. The lowest BCUT2D eigenvalue weighted by atomic mass is 9.97. The molecule has 0 saturated heterocycles. The van der Waals surface area contributed by atoms with Gasteiger partial charge >= 0.3 is 0 Å². The van der Waals surface area contributed by atoms with Gasteiger partial charge in [0.25, 0.3) is 0 Å². The van der Waals surface area contributed by atoms with Crippen LogP contribution in [0.2, 0.25) is 5.02 Å². The van der Waals surface area contributed by atoms with Crippen molar-refractivity contribution in [3.63, 3.8) is 0 Å². The van der Waals surface area contributed by atoms with Crippen LogP contribution in [0.4, 0.5) is 0 Å². The van der Waals surface area contributed by atoms with Crippen LogP contribution in [-0.2, 0) is 0 Å². The maximum atomic E-state index is 10.3. The van der Waals surface area contributed by atoms with E-state index in [9.17, 15) is 5.11 Å². The highest BCUT2D eigenvalue weighted by Crippen LogP contribution is 2.26. The van der Waals surface area contributed by atoms with Crippen molar-refractivity contribution in [1.82, 2.24) is 0 Å². The molecule has 1 N–H and O–H groups in total. The highest BCUT2D eigenvalue weighted by atomic mass is 35.5. The number of benzene rings is 2. The minimum absolute atomic E-state index is 0.590. The molecule has 0 aliphatic rings. The van der Waals surface area contributed by atoms with Crippen molar-refractivity contribution in [2.75, 3.05) is 0 Å². The van der Waals surface area contributed by atoms with Crippen LogP contribution in [0.3, 0.4) is 0 Å². The zero-order chi connectivity index (χ0) is 12.4. The van der Waals surface area contributed by atoms with Gasteiger partial charge < -0.3 is 5.11 Å². The standard InChI is InChI=1S/C15H15ClO/c1-10-3-5-12(6-4-10)15(17)14-8-7-13(16)9-11(14)2/h3-9,15,17H,1-2H3. The number of hydrogen-bond donors (Lipinski definition) is 1. The van der Waals surface area contributed by atoms with E-state index in [4.69, 9.17) is 11.6 Å². The molecule has 0 bridgehead atoms. The molecule has 2 aromatic carbocycles. The van der Waals surface area contributed by atoms with Crippen LogP contribution in [0.1, 0.15) is 28.4 Å². The summed E-state index contributed by atoms with van der Waals surface area (Å²) in [6.45, 7) is 3.99. The maximum absolute atomic E-state index is 10.3. The zero-order valence-electron chi connectivity index (χ0n) is 9.94. The van der Waals surface area contributed by atoms with Gasteiger partial charge in [0, 0.05) is 5.02 Å². The van der Waals surface area contributed by atoms with E-state index >= 15 is 0 Å². The van der Waals surface area contributed by atoms with Gasteiger partial charge in [-0.05, 0) is 42.7 Å². The number of rotatable bonds is 2. The molecule has 0 aliphatic carbocycles. The molecule has 0 radical (unpaired) electrons. The fraction of sp³-hybridized carbons (Fsp3) is 0.200. The summed E-state index contributed by atoms with van der Waals surface area (Å²) in [7, 11) is 0. The van der Waals surface area contributed by atoms with E-state index in [1.165, 1.54) is 5.56 Å². The second kappa shape index (κ2) is 4.91. The SMILES string of the molecule is Cc1ccc(C(O)c2ccc(Cl)cc2C)cc1. The van der Waals surface area contributed by atoms with Gasteiger partial charge in [-0.15, -0.1) is 0 Å². The third-order valence-electron chi connectivity index (χ3n) is 2.92. The van der Waals surface area contributed by atoms with E-state index in [1.807, 2.05) is 50.2 Å². The van der Waals surface area contributed by atoms with Crippen LogP contribution in [0.15, 0.2) is 42.5 Å². The van der Waals surface area contributed by atoms with Crippen molar-refractivity contribution >= 4 is 11.6 Å². The molecular weight excluding hydrogens is 232 g/mol. The summed E-state index contributed by atoms with van der Waals surface area (Å²) < 4.78 is 0. The Balaban J connectivity index is 2.36. The summed E-state index contributed by atoms with van der Waals surface area (Å²) in [5.74, 6) is 0. The normalized spacial score (nSPS) is 12.5. The number of aryl methyl sites for hydroxylation is 2. The van der Waals surface area contributed by atoms with Crippen LogP contribution in [0.25, 0.3) is 0 Å². The highest BCUT2D eigenvalue weighted by molar-refractivity contribution is 6.30. The monoisotopic (exact) mass is 246 g/mol. The molecule has 0 aromatic heterocycles. The highest BCUT2D eigenvalue weighted by Gasteiger charge is 2.12. The second-order valence-electron chi connectivity index (χ2n) is 4.31. The number of aliphatic hydroxyl groups is 1. The predicted octanol–water partition coefficient (Wildman–Crippen LogP) is 4.04. The minimum Gasteiger partial charge on any atom is -0.384 e. The van der Waals surface area contributed by atoms with Gasteiger partial charge in [-0.1, -0.05) is 47.5 Å².